The smallest absolute Gasteiger partial charge is 0.270 e. The van der Waals surface area contributed by atoms with Crippen molar-refractivity contribution < 1.29 is 14.3 Å². The second kappa shape index (κ2) is 8.11. The predicted molar refractivity (Wildman–Crippen MR) is 108 cm³/mol. The summed E-state index contributed by atoms with van der Waals surface area (Å²) in [5.41, 5.74) is 0.675. The lowest BCUT2D eigenvalue weighted by molar-refractivity contribution is -0.131. The van der Waals surface area contributed by atoms with Gasteiger partial charge in [-0.15, -0.1) is 0 Å². The van der Waals surface area contributed by atoms with Gasteiger partial charge in [0.1, 0.15) is 11.8 Å². The molecule has 4 aliphatic heterocycles. The second-order valence-corrected chi connectivity index (χ2v) is 9.16. The fourth-order valence-corrected chi connectivity index (χ4v) is 6.09. The van der Waals surface area contributed by atoms with E-state index in [2.05, 4.69) is 15.2 Å². The van der Waals surface area contributed by atoms with Crippen LogP contribution in [0.3, 0.4) is 0 Å². The molecular formula is C22H32N4O3. The van der Waals surface area contributed by atoms with E-state index in [1.165, 1.54) is 19.3 Å². The van der Waals surface area contributed by atoms with Gasteiger partial charge in [-0.3, -0.25) is 14.5 Å². The summed E-state index contributed by atoms with van der Waals surface area (Å²) in [5, 5.41) is 3.19. The zero-order valence-corrected chi connectivity index (χ0v) is 17.0. The minimum Gasteiger partial charge on any atom is -0.368 e. The van der Waals surface area contributed by atoms with Crippen LogP contribution in [0.15, 0.2) is 18.3 Å². The molecule has 7 nitrogen and oxygen atoms in total. The number of amides is 2. The summed E-state index contributed by atoms with van der Waals surface area (Å²) in [6.07, 6.45) is 8.20. The van der Waals surface area contributed by atoms with Crippen molar-refractivity contribution in [1.82, 2.24) is 20.1 Å². The van der Waals surface area contributed by atoms with E-state index in [0.717, 1.165) is 38.9 Å². The van der Waals surface area contributed by atoms with E-state index >= 15 is 0 Å². The van der Waals surface area contributed by atoms with Gasteiger partial charge in [0, 0.05) is 44.5 Å². The number of rotatable bonds is 4. The number of aromatic amines is 1. The zero-order valence-electron chi connectivity index (χ0n) is 17.0. The highest BCUT2D eigenvalue weighted by atomic mass is 16.5. The molecule has 0 aliphatic carbocycles. The number of carbonyl (C=O) groups excluding carboxylic acids is 2. The molecule has 2 amide bonds. The topological polar surface area (TPSA) is 77.7 Å². The minimum absolute atomic E-state index is 0.0355. The highest BCUT2D eigenvalue weighted by Gasteiger charge is 2.48. The van der Waals surface area contributed by atoms with Gasteiger partial charge in [0.05, 0.1) is 0 Å². The zero-order chi connectivity index (χ0) is 19.8. The maximum Gasteiger partial charge on any atom is 0.270 e. The highest BCUT2D eigenvalue weighted by Crippen LogP contribution is 2.41. The summed E-state index contributed by atoms with van der Waals surface area (Å²) in [4.78, 5) is 33.3. The highest BCUT2D eigenvalue weighted by molar-refractivity contribution is 5.92. The third kappa shape index (κ3) is 3.70. The van der Waals surface area contributed by atoms with Crippen molar-refractivity contribution in [3.05, 3.63) is 24.0 Å². The standard InChI is InChI=1S/C22H32N4O3/c27-21(20-7-4-10-29-20)24-12-19-16-11-15(18-6-1-2-9-26(18)19)13-25(14-16)22(28)17-5-3-8-23-17/h3,5,8,15-16,18-20,23H,1-2,4,6-7,9-14H2,(H,24,27)/t15-,16+,18+,19+,20+/m1/s1. The number of nitrogens with zero attached hydrogens (tertiary/aromatic N) is 2. The average molecular weight is 401 g/mol. The predicted octanol–water partition coefficient (Wildman–Crippen LogP) is 1.62. The molecule has 1 aromatic rings. The molecule has 4 aliphatic rings. The summed E-state index contributed by atoms with van der Waals surface area (Å²) in [6, 6.07) is 4.58. The lowest BCUT2D eigenvalue weighted by Crippen LogP contribution is -2.66. The summed E-state index contributed by atoms with van der Waals surface area (Å²) in [7, 11) is 0. The Morgan fingerprint density at radius 2 is 2.07 bits per heavy atom. The molecule has 7 heteroatoms. The Balaban J connectivity index is 1.31. The van der Waals surface area contributed by atoms with Gasteiger partial charge in [-0.2, -0.15) is 0 Å². The van der Waals surface area contributed by atoms with Gasteiger partial charge < -0.3 is 19.9 Å². The van der Waals surface area contributed by atoms with E-state index < -0.39 is 0 Å². The molecule has 0 radical (unpaired) electrons. The van der Waals surface area contributed by atoms with Gasteiger partial charge in [0.25, 0.3) is 5.91 Å². The number of nitrogens with one attached hydrogen (secondary N) is 2. The summed E-state index contributed by atoms with van der Waals surface area (Å²) < 4.78 is 5.55. The van der Waals surface area contributed by atoms with Crippen LogP contribution in [0.4, 0.5) is 0 Å². The number of aromatic nitrogens is 1. The van der Waals surface area contributed by atoms with Crippen molar-refractivity contribution in [2.75, 3.05) is 32.8 Å². The molecule has 1 aromatic heterocycles. The molecule has 5 atom stereocenters. The first-order valence-electron chi connectivity index (χ1n) is 11.3. The number of fused-ring (bicyclic) bond motifs is 4. The quantitative estimate of drug-likeness (QED) is 0.805. The van der Waals surface area contributed by atoms with Crippen LogP contribution in [0.25, 0.3) is 0 Å². The van der Waals surface area contributed by atoms with Gasteiger partial charge in [0.15, 0.2) is 0 Å². The lowest BCUT2D eigenvalue weighted by atomic mass is 9.72. The molecule has 5 heterocycles. The van der Waals surface area contributed by atoms with Crippen molar-refractivity contribution in [3.63, 3.8) is 0 Å². The number of piperidine rings is 3. The van der Waals surface area contributed by atoms with Crippen molar-refractivity contribution >= 4 is 11.8 Å². The van der Waals surface area contributed by atoms with Crippen LogP contribution >= 0.6 is 0 Å². The van der Waals surface area contributed by atoms with Crippen molar-refractivity contribution in [2.24, 2.45) is 11.8 Å². The maximum atomic E-state index is 13.0. The first kappa shape index (κ1) is 19.1. The third-order valence-electron chi connectivity index (χ3n) is 7.44. The van der Waals surface area contributed by atoms with Crippen LogP contribution in [0, 0.1) is 11.8 Å². The van der Waals surface area contributed by atoms with E-state index in [1.807, 2.05) is 23.2 Å². The molecule has 0 saturated carbocycles. The summed E-state index contributed by atoms with van der Waals surface area (Å²) in [5.74, 6) is 1.09. The number of hydrogen-bond donors (Lipinski definition) is 2. The molecule has 2 N–H and O–H groups in total. The maximum absolute atomic E-state index is 13.0. The van der Waals surface area contributed by atoms with E-state index in [1.54, 1.807) is 0 Å². The number of likely N-dealkylation sites (tertiary alicyclic amines) is 1. The summed E-state index contributed by atoms with van der Waals surface area (Å²) in [6.45, 7) is 4.10. The number of ether oxygens (including phenoxy) is 1. The second-order valence-electron chi connectivity index (χ2n) is 9.16. The van der Waals surface area contributed by atoms with Crippen LogP contribution in [-0.4, -0.2) is 77.6 Å². The van der Waals surface area contributed by atoms with Crippen molar-refractivity contribution in [3.8, 4) is 0 Å². The number of H-pyrrole nitrogens is 1. The Labute approximate surface area is 172 Å². The number of hydrogen-bond acceptors (Lipinski definition) is 4. The van der Waals surface area contributed by atoms with Crippen LogP contribution in [0.2, 0.25) is 0 Å². The minimum atomic E-state index is -0.277. The first-order chi connectivity index (χ1) is 14.2. The molecule has 4 fully saturated rings. The van der Waals surface area contributed by atoms with E-state index in [4.69, 9.17) is 4.74 Å². The number of carbonyl (C=O) groups is 2. The molecule has 0 aromatic carbocycles. The summed E-state index contributed by atoms with van der Waals surface area (Å²) >= 11 is 0. The largest absolute Gasteiger partial charge is 0.368 e. The van der Waals surface area contributed by atoms with Crippen LogP contribution < -0.4 is 5.32 Å². The SMILES string of the molecule is O=C(NC[C@H]1[C@H]2C[C@H](CN(C(=O)c3ccc[nH]3)C2)[C@@H]2CCCCN21)[C@@H]1CCCO1. The van der Waals surface area contributed by atoms with Gasteiger partial charge >= 0.3 is 0 Å². The molecule has 158 valence electrons. The van der Waals surface area contributed by atoms with Gasteiger partial charge in [0.2, 0.25) is 5.91 Å². The third-order valence-corrected chi connectivity index (χ3v) is 7.44. The van der Waals surface area contributed by atoms with E-state index in [9.17, 15) is 9.59 Å². The normalized spacial score (nSPS) is 34.6. The van der Waals surface area contributed by atoms with Crippen LogP contribution in [0.1, 0.15) is 49.0 Å². The Morgan fingerprint density at radius 3 is 2.86 bits per heavy atom. The Bertz CT molecular complexity index is 730. The van der Waals surface area contributed by atoms with Crippen LogP contribution in [-0.2, 0) is 9.53 Å². The molecule has 0 unspecified atom stereocenters. The van der Waals surface area contributed by atoms with Gasteiger partial charge in [-0.25, -0.2) is 0 Å². The van der Waals surface area contributed by atoms with E-state index in [-0.39, 0.29) is 17.9 Å². The van der Waals surface area contributed by atoms with Gasteiger partial charge in [-0.1, -0.05) is 6.42 Å². The molecule has 0 spiro atoms. The molecule has 4 saturated heterocycles. The fraction of sp³-hybridized carbons (Fsp3) is 0.727. The first-order valence-corrected chi connectivity index (χ1v) is 11.3. The van der Waals surface area contributed by atoms with Crippen molar-refractivity contribution in [1.29, 1.82) is 0 Å². The van der Waals surface area contributed by atoms with Crippen molar-refractivity contribution in [2.45, 2.75) is 56.7 Å². The molecule has 29 heavy (non-hydrogen) atoms. The Morgan fingerprint density at radius 1 is 1.17 bits per heavy atom. The molecule has 5 rings (SSSR count). The van der Waals surface area contributed by atoms with Crippen LogP contribution in [0.5, 0.6) is 0 Å². The van der Waals surface area contributed by atoms with Gasteiger partial charge in [-0.05, 0) is 62.6 Å². The monoisotopic (exact) mass is 400 g/mol. The molecule has 2 bridgehead atoms. The van der Waals surface area contributed by atoms with E-state index in [0.29, 0.717) is 42.8 Å². The average Bonchev–Trinajstić information content (AvgIpc) is 3.47. The Kier molecular flexibility index (Phi) is 5.35. The fourth-order valence-electron chi connectivity index (χ4n) is 6.09. The lowest BCUT2D eigenvalue weighted by Gasteiger charge is -2.56. The molecular weight excluding hydrogens is 368 g/mol. The Hall–Kier alpha value is -1.86.